The molecule has 1 fully saturated rings. The van der Waals surface area contributed by atoms with Crippen molar-refractivity contribution < 1.29 is 14.0 Å². The number of nitrogens with zero attached hydrogens (tertiary/aromatic N) is 1. The van der Waals surface area contributed by atoms with Gasteiger partial charge in [0.1, 0.15) is 5.82 Å². The third-order valence-electron chi connectivity index (χ3n) is 4.55. The Morgan fingerprint density at radius 2 is 1.92 bits per heavy atom. The van der Waals surface area contributed by atoms with Gasteiger partial charge in [-0.3, -0.25) is 9.59 Å². The standard InChI is InChI=1S/C20H21FN2O2/c1-14-9-10-16(21)12-18(14)20(25)23-11-5-6-15(13-23)19(24)22-17-7-3-2-4-8-17/h2-4,7-10,12,15H,5-6,11,13H2,1H3,(H,22,24). The minimum absolute atomic E-state index is 0.0836. The fraction of sp³-hybridized carbons (Fsp3) is 0.300. The van der Waals surface area contributed by atoms with E-state index in [-0.39, 0.29) is 17.7 Å². The van der Waals surface area contributed by atoms with Gasteiger partial charge in [-0.15, -0.1) is 0 Å². The van der Waals surface area contributed by atoms with Crippen LogP contribution in [0.2, 0.25) is 0 Å². The van der Waals surface area contributed by atoms with Crippen molar-refractivity contribution in [3.05, 3.63) is 65.5 Å². The number of carbonyl (C=O) groups excluding carboxylic acids is 2. The first kappa shape index (κ1) is 17.1. The van der Waals surface area contributed by atoms with Crippen molar-refractivity contribution in [1.29, 1.82) is 0 Å². The number of rotatable bonds is 3. The zero-order valence-corrected chi connectivity index (χ0v) is 14.2. The summed E-state index contributed by atoms with van der Waals surface area (Å²) in [6.45, 7) is 2.73. The van der Waals surface area contributed by atoms with Crippen molar-refractivity contribution in [2.45, 2.75) is 19.8 Å². The molecular formula is C20H21FN2O2. The maximum Gasteiger partial charge on any atom is 0.254 e. The van der Waals surface area contributed by atoms with Gasteiger partial charge >= 0.3 is 0 Å². The summed E-state index contributed by atoms with van der Waals surface area (Å²) in [7, 11) is 0. The Labute approximate surface area is 146 Å². The molecule has 0 aromatic heterocycles. The fourth-order valence-corrected chi connectivity index (χ4v) is 3.14. The summed E-state index contributed by atoms with van der Waals surface area (Å²) in [5, 5.41) is 2.89. The van der Waals surface area contributed by atoms with E-state index in [4.69, 9.17) is 0 Å². The number of benzene rings is 2. The van der Waals surface area contributed by atoms with E-state index in [0.29, 0.717) is 18.7 Å². The summed E-state index contributed by atoms with van der Waals surface area (Å²) in [5.41, 5.74) is 1.85. The second kappa shape index (κ2) is 7.47. The lowest BCUT2D eigenvalue weighted by atomic mass is 9.96. The van der Waals surface area contributed by atoms with Crippen molar-refractivity contribution in [2.24, 2.45) is 5.92 Å². The summed E-state index contributed by atoms with van der Waals surface area (Å²) >= 11 is 0. The summed E-state index contributed by atoms with van der Waals surface area (Å²) in [6.07, 6.45) is 1.50. The summed E-state index contributed by atoms with van der Waals surface area (Å²) < 4.78 is 13.5. The molecule has 0 bridgehead atoms. The number of likely N-dealkylation sites (tertiary alicyclic amines) is 1. The van der Waals surface area contributed by atoms with Crippen LogP contribution in [0.4, 0.5) is 10.1 Å². The maximum absolute atomic E-state index is 13.5. The topological polar surface area (TPSA) is 49.4 Å². The Morgan fingerprint density at radius 3 is 2.68 bits per heavy atom. The Balaban J connectivity index is 1.69. The molecule has 5 heteroatoms. The Hall–Kier alpha value is -2.69. The molecule has 130 valence electrons. The van der Waals surface area contributed by atoms with E-state index in [9.17, 15) is 14.0 Å². The zero-order chi connectivity index (χ0) is 17.8. The van der Waals surface area contributed by atoms with Crippen LogP contribution in [0.3, 0.4) is 0 Å². The average molecular weight is 340 g/mol. The largest absolute Gasteiger partial charge is 0.338 e. The first-order valence-electron chi connectivity index (χ1n) is 8.46. The van der Waals surface area contributed by atoms with Crippen molar-refractivity contribution in [2.75, 3.05) is 18.4 Å². The lowest BCUT2D eigenvalue weighted by Crippen LogP contribution is -2.44. The van der Waals surface area contributed by atoms with E-state index in [0.717, 1.165) is 24.1 Å². The first-order valence-corrected chi connectivity index (χ1v) is 8.46. The van der Waals surface area contributed by atoms with Gasteiger partial charge in [-0.2, -0.15) is 0 Å². The van der Waals surface area contributed by atoms with Crippen molar-refractivity contribution in [1.82, 2.24) is 4.90 Å². The first-order chi connectivity index (χ1) is 12.0. The molecular weight excluding hydrogens is 319 g/mol. The molecule has 2 aromatic rings. The summed E-state index contributed by atoms with van der Waals surface area (Å²) in [5.74, 6) is -0.982. The van der Waals surface area contributed by atoms with Gasteiger partial charge < -0.3 is 10.2 Å². The second-order valence-corrected chi connectivity index (χ2v) is 6.40. The molecule has 25 heavy (non-hydrogen) atoms. The Morgan fingerprint density at radius 1 is 1.16 bits per heavy atom. The lowest BCUT2D eigenvalue weighted by molar-refractivity contribution is -0.121. The Kier molecular flexibility index (Phi) is 5.12. The van der Waals surface area contributed by atoms with E-state index in [1.165, 1.54) is 12.1 Å². The maximum atomic E-state index is 13.5. The van der Waals surface area contributed by atoms with Gasteiger partial charge in [-0.05, 0) is 49.6 Å². The van der Waals surface area contributed by atoms with Crippen molar-refractivity contribution in [3.8, 4) is 0 Å². The number of para-hydroxylation sites is 1. The third kappa shape index (κ3) is 4.05. The third-order valence-corrected chi connectivity index (χ3v) is 4.55. The molecule has 1 N–H and O–H groups in total. The van der Waals surface area contributed by atoms with Gasteiger partial charge in [-0.25, -0.2) is 4.39 Å². The highest BCUT2D eigenvalue weighted by atomic mass is 19.1. The minimum Gasteiger partial charge on any atom is -0.338 e. The molecule has 0 radical (unpaired) electrons. The lowest BCUT2D eigenvalue weighted by Gasteiger charge is -2.32. The van der Waals surface area contributed by atoms with E-state index < -0.39 is 5.82 Å². The van der Waals surface area contributed by atoms with Gasteiger partial charge in [-0.1, -0.05) is 24.3 Å². The number of anilines is 1. The molecule has 1 atom stereocenters. The van der Waals surface area contributed by atoms with Gasteiger partial charge in [0, 0.05) is 24.3 Å². The molecule has 4 nitrogen and oxygen atoms in total. The molecule has 3 rings (SSSR count). The molecule has 1 aliphatic rings. The van der Waals surface area contributed by atoms with Crippen LogP contribution in [0, 0.1) is 18.7 Å². The Bertz CT molecular complexity index is 777. The molecule has 1 saturated heterocycles. The van der Waals surface area contributed by atoms with Crippen LogP contribution in [0.5, 0.6) is 0 Å². The van der Waals surface area contributed by atoms with E-state index in [1.54, 1.807) is 17.9 Å². The number of carbonyl (C=O) groups is 2. The smallest absolute Gasteiger partial charge is 0.254 e. The number of halogens is 1. The highest BCUT2D eigenvalue weighted by Crippen LogP contribution is 2.22. The predicted molar refractivity (Wildman–Crippen MR) is 94.8 cm³/mol. The molecule has 2 aromatic carbocycles. The van der Waals surface area contributed by atoms with Gasteiger partial charge in [0.05, 0.1) is 5.92 Å². The number of nitrogens with one attached hydrogen (secondary N) is 1. The van der Waals surface area contributed by atoms with E-state index >= 15 is 0 Å². The SMILES string of the molecule is Cc1ccc(F)cc1C(=O)N1CCCC(C(=O)Nc2ccccc2)C1. The molecule has 1 unspecified atom stereocenters. The normalized spacial score (nSPS) is 17.2. The van der Waals surface area contributed by atoms with Crippen LogP contribution in [0.15, 0.2) is 48.5 Å². The van der Waals surface area contributed by atoms with Crippen LogP contribution < -0.4 is 5.32 Å². The van der Waals surface area contributed by atoms with Crippen LogP contribution in [-0.2, 0) is 4.79 Å². The van der Waals surface area contributed by atoms with Crippen LogP contribution >= 0.6 is 0 Å². The number of piperidine rings is 1. The van der Waals surface area contributed by atoms with Gasteiger partial charge in [0.15, 0.2) is 0 Å². The van der Waals surface area contributed by atoms with Crippen molar-refractivity contribution >= 4 is 17.5 Å². The minimum atomic E-state index is -0.427. The number of aryl methyl sites for hydroxylation is 1. The van der Waals surface area contributed by atoms with E-state index in [2.05, 4.69) is 5.32 Å². The highest BCUT2D eigenvalue weighted by molar-refractivity contribution is 5.97. The van der Waals surface area contributed by atoms with Gasteiger partial charge in [0.2, 0.25) is 5.91 Å². The zero-order valence-electron chi connectivity index (χ0n) is 14.2. The predicted octanol–water partition coefficient (Wildman–Crippen LogP) is 3.63. The highest BCUT2D eigenvalue weighted by Gasteiger charge is 2.29. The monoisotopic (exact) mass is 340 g/mol. The van der Waals surface area contributed by atoms with E-state index in [1.807, 2.05) is 30.3 Å². The number of amides is 2. The number of hydrogen-bond acceptors (Lipinski definition) is 2. The molecule has 2 amide bonds. The number of hydrogen-bond donors (Lipinski definition) is 1. The summed E-state index contributed by atoms with van der Waals surface area (Å²) in [4.78, 5) is 26.9. The molecule has 0 spiro atoms. The van der Waals surface area contributed by atoms with Crippen molar-refractivity contribution in [3.63, 3.8) is 0 Å². The summed E-state index contributed by atoms with van der Waals surface area (Å²) in [6, 6.07) is 13.5. The molecule has 1 heterocycles. The molecule has 0 aliphatic carbocycles. The second-order valence-electron chi connectivity index (χ2n) is 6.40. The average Bonchev–Trinajstić information content (AvgIpc) is 2.64. The van der Waals surface area contributed by atoms with Crippen LogP contribution in [0.25, 0.3) is 0 Å². The van der Waals surface area contributed by atoms with Crippen LogP contribution in [0.1, 0.15) is 28.8 Å². The van der Waals surface area contributed by atoms with Gasteiger partial charge in [0.25, 0.3) is 5.91 Å². The fourth-order valence-electron chi connectivity index (χ4n) is 3.14. The molecule has 0 saturated carbocycles. The van der Waals surface area contributed by atoms with Crippen LogP contribution in [-0.4, -0.2) is 29.8 Å². The molecule has 1 aliphatic heterocycles. The quantitative estimate of drug-likeness (QED) is 0.928.